The first kappa shape index (κ1) is 25.5. The predicted molar refractivity (Wildman–Crippen MR) is 101 cm³/mol. The van der Waals surface area contributed by atoms with Gasteiger partial charge in [0.25, 0.3) is 0 Å². The van der Waals surface area contributed by atoms with Crippen LogP contribution in [0.3, 0.4) is 0 Å². The van der Waals surface area contributed by atoms with Gasteiger partial charge in [-0.2, -0.15) is 0 Å². The lowest BCUT2D eigenvalue weighted by molar-refractivity contribution is -0.188. The number of esters is 4. The maximum atomic E-state index is 11.6. The lowest BCUT2D eigenvalue weighted by atomic mass is 9.66. The van der Waals surface area contributed by atoms with Gasteiger partial charge in [-0.1, -0.05) is 0 Å². The average molecular weight is 430 g/mol. The molecule has 0 radical (unpaired) electrons. The number of aliphatic hydroxyl groups excluding tert-OH is 1. The van der Waals surface area contributed by atoms with Gasteiger partial charge < -0.3 is 24.1 Å². The van der Waals surface area contributed by atoms with Crippen LogP contribution in [0, 0.1) is 10.8 Å². The van der Waals surface area contributed by atoms with E-state index in [4.69, 9.17) is 18.9 Å². The van der Waals surface area contributed by atoms with Crippen molar-refractivity contribution in [3.05, 3.63) is 0 Å². The van der Waals surface area contributed by atoms with Gasteiger partial charge in [0.1, 0.15) is 5.78 Å². The number of hydrogen-bond donors (Lipinski definition) is 1. The SMILES string of the molecule is CCOC(=O)C1(C(=O)OCC)CC(=O)C1.CCOC(=O)C1(C(=O)OCC)CC(O)C1. The smallest absolute Gasteiger partial charge is 0.324 e. The third-order valence-corrected chi connectivity index (χ3v) is 4.83. The molecule has 2 saturated carbocycles. The summed E-state index contributed by atoms with van der Waals surface area (Å²) in [5.74, 6) is -2.59. The van der Waals surface area contributed by atoms with Gasteiger partial charge in [-0.25, -0.2) is 0 Å². The molecule has 10 heteroatoms. The minimum atomic E-state index is -1.36. The summed E-state index contributed by atoms with van der Waals surface area (Å²) in [5.41, 5.74) is -2.62. The fourth-order valence-electron chi connectivity index (χ4n) is 3.23. The van der Waals surface area contributed by atoms with E-state index in [0.717, 1.165) is 0 Å². The zero-order valence-corrected chi connectivity index (χ0v) is 17.9. The summed E-state index contributed by atoms with van der Waals surface area (Å²) in [6, 6.07) is 0. The third kappa shape index (κ3) is 5.35. The van der Waals surface area contributed by atoms with Gasteiger partial charge >= 0.3 is 23.9 Å². The van der Waals surface area contributed by atoms with E-state index in [2.05, 4.69) is 0 Å². The molecule has 0 bridgehead atoms. The second-order valence-corrected chi connectivity index (χ2v) is 7.00. The summed E-state index contributed by atoms with van der Waals surface area (Å²) in [5, 5.41) is 9.20. The van der Waals surface area contributed by atoms with E-state index in [1.54, 1.807) is 27.7 Å². The van der Waals surface area contributed by atoms with Gasteiger partial charge in [-0.05, 0) is 27.7 Å². The molecule has 10 nitrogen and oxygen atoms in total. The summed E-state index contributed by atoms with van der Waals surface area (Å²) >= 11 is 0. The molecular formula is C20H30O10. The number of rotatable bonds is 8. The van der Waals surface area contributed by atoms with Gasteiger partial charge in [0, 0.05) is 25.7 Å². The molecule has 1 N–H and O–H groups in total. The Morgan fingerprint density at radius 2 is 1.03 bits per heavy atom. The van der Waals surface area contributed by atoms with Crippen LogP contribution >= 0.6 is 0 Å². The van der Waals surface area contributed by atoms with Crippen LogP contribution in [0.25, 0.3) is 0 Å². The first-order valence-electron chi connectivity index (χ1n) is 10.0. The van der Waals surface area contributed by atoms with Crippen molar-refractivity contribution in [2.45, 2.75) is 59.5 Å². The molecule has 2 aliphatic rings. The zero-order valence-electron chi connectivity index (χ0n) is 17.9. The second-order valence-electron chi connectivity index (χ2n) is 7.00. The van der Waals surface area contributed by atoms with E-state index in [1.807, 2.05) is 0 Å². The molecule has 2 fully saturated rings. The fraction of sp³-hybridized carbons (Fsp3) is 0.750. The van der Waals surface area contributed by atoms with Gasteiger partial charge in [0.15, 0.2) is 10.8 Å². The van der Waals surface area contributed by atoms with Crippen LogP contribution in [0.15, 0.2) is 0 Å². The highest BCUT2D eigenvalue weighted by Gasteiger charge is 2.59. The summed E-state index contributed by atoms with van der Waals surface area (Å²) in [4.78, 5) is 57.1. The van der Waals surface area contributed by atoms with Gasteiger partial charge in [-0.3, -0.25) is 24.0 Å². The van der Waals surface area contributed by atoms with Gasteiger partial charge in [0.2, 0.25) is 0 Å². The number of carbonyl (C=O) groups excluding carboxylic acids is 5. The highest BCUT2D eigenvalue weighted by molar-refractivity contribution is 6.12. The van der Waals surface area contributed by atoms with Crippen molar-refractivity contribution in [3.63, 3.8) is 0 Å². The Labute approximate surface area is 175 Å². The second kappa shape index (κ2) is 11.1. The minimum Gasteiger partial charge on any atom is -0.465 e. The van der Waals surface area contributed by atoms with Crippen molar-refractivity contribution in [3.8, 4) is 0 Å². The molecule has 2 aliphatic carbocycles. The number of hydrogen-bond acceptors (Lipinski definition) is 10. The van der Waals surface area contributed by atoms with Crippen LogP contribution in [-0.4, -0.2) is 67.3 Å². The quantitative estimate of drug-likeness (QED) is 0.332. The van der Waals surface area contributed by atoms with E-state index in [9.17, 15) is 29.1 Å². The van der Waals surface area contributed by atoms with E-state index >= 15 is 0 Å². The standard InChI is InChI=1S/C10H16O5.C10H14O5/c2*1-3-14-8(12)10(5-7(11)6-10)9(13)15-4-2/h7,11H,3-6H2,1-2H3;3-6H2,1-2H3. The average Bonchev–Trinajstić information content (AvgIpc) is 2.63. The van der Waals surface area contributed by atoms with Crippen LogP contribution in [-0.2, 0) is 42.9 Å². The molecule has 0 heterocycles. The molecule has 0 unspecified atom stereocenters. The van der Waals surface area contributed by atoms with Crippen LogP contribution in [0.4, 0.5) is 0 Å². The molecule has 0 aromatic carbocycles. The highest BCUT2D eigenvalue weighted by atomic mass is 16.6. The third-order valence-electron chi connectivity index (χ3n) is 4.83. The van der Waals surface area contributed by atoms with E-state index in [-0.39, 0.29) is 57.9 Å². The highest BCUT2D eigenvalue weighted by Crippen LogP contribution is 2.43. The molecule has 0 spiro atoms. The largest absolute Gasteiger partial charge is 0.465 e. The first-order valence-corrected chi connectivity index (χ1v) is 10.0. The number of ether oxygens (including phenoxy) is 4. The molecule has 0 amide bonds. The van der Waals surface area contributed by atoms with Crippen molar-refractivity contribution < 1.29 is 48.0 Å². The molecular weight excluding hydrogens is 400 g/mol. The Kier molecular flexibility index (Phi) is 9.41. The summed E-state index contributed by atoms with van der Waals surface area (Å²) in [7, 11) is 0. The van der Waals surface area contributed by atoms with E-state index in [0.29, 0.717) is 0 Å². The Morgan fingerprint density at radius 1 is 0.733 bits per heavy atom. The lowest BCUT2D eigenvalue weighted by Gasteiger charge is -2.40. The number of carbonyl (C=O) groups is 5. The van der Waals surface area contributed by atoms with Crippen molar-refractivity contribution in [2.75, 3.05) is 26.4 Å². The fourth-order valence-corrected chi connectivity index (χ4v) is 3.23. The molecule has 0 aromatic heterocycles. The Hall–Kier alpha value is -2.49. The molecule has 0 aromatic rings. The van der Waals surface area contributed by atoms with E-state index in [1.165, 1.54) is 0 Å². The van der Waals surface area contributed by atoms with Crippen molar-refractivity contribution in [2.24, 2.45) is 10.8 Å². The van der Waals surface area contributed by atoms with Crippen LogP contribution < -0.4 is 0 Å². The normalized spacial score (nSPS) is 18.5. The molecule has 0 aliphatic heterocycles. The topological polar surface area (TPSA) is 143 Å². The Balaban J connectivity index is 0.000000300. The molecule has 0 saturated heterocycles. The summed E-state index contributed by atoms with van der Waals surface area (Å²) in [6.07, 6.45) is -0.594. The molecule has 0 atom stereocenters. The van der Waals surface area contributed by atoms with E-state index < -0.39 is 40.8 Å². The van der Waals surface area contributed by atoms with Crippen LogP contribution in [0.1, 0.15) is 53.4 Å². The number of Topliss-reactive ketones (excluding diaryl/α,β-unsaturated/α-hetero) is 1. The molecule has 170 valence electrons. The minimum absolute atomic E-state index is 0.0926. The molecule has 30 heavy (non-hydrogen) atoms. The maximum Gasteiger partial charge on any atom is 0.324 e. The summed E-state index contributed by atoms with van der Waals surface area (Å²) < 4.78 is 19.2. The number of ketones is 1. The Morgan fingerprint density at radius 3 is 1.27 bits per heavy atom. The van der Waals surface area contributed by atoms with Gasteiger partial charge in [0.05, 0.1) is 32.5 Å². The maximum absolute atomic E-state index is 11.6. The summed E-state index contributed by atoms with van der Waals surface area (Å²) in [6.45, 7) is 7.46. The zero-order chi connectivity index (χ0) is 22.9. The number of aliphatic hydroxyl groups is 1. The lowest BCUT2D eigenvalue weighted by Crippen LogP contribution is -2.53. The van der Waals surface area contributed by atoms with Crippen LogP contribution in [0.5, 0.6) is 0 Å². The van der Waals surface area contributed by atoms with Crippen molar-refractivity contribution >= 4 is 29.7 Å². The van der Waals surface area contributed by atoms with Crippen molar-refractivity contribution in [1.29, 1.82) is 0 Å². The molecule has 2 rings (SSSR count). The van der Waals surface area contributed by atoms with Crippen molar-refractivity contribution in [1.82, 2.24) is 0 Å². The van der Waals surface area contributed by atoms with Crippen LogP contribution in [0.2, 0.25) is 0 Å². The Bertz CT molecular complexity index is 614. The first-order chi connectivity index (χ1) is 14.1. The monoisotopic (exact) mass is 430 g/mol. The van der Waals surface area contributed by atoms with Gasteiger partial charge in [-0.15, -0.1) is 0 Å². The predicted octanol–water partition coefficient (Wildman–Crippen LogP) is 0.716.